The van der Waals surface area contributed by atoms with E-state index in [4.69, 9.17) is 26.8 Å². The molecule has 0 bridgehead atoms. The lowest BCUT2D eigenvalue weighted by Gasteiger charge is -1.90. The van der Waals surface area contributed by atoms with Gasteiger partial charge < -0.3 is 4.52 Å². The first kappa shape index (κ1) is 13.3. The number of allylic oxidation sites excluding steroid dienone is 3. The van der Waals surface area contributed by atoms with Gasteiger partial charge in [-0.15, -0.1) is 0 Å². The summed E-state index contributed by atoms with van der Waals surface area (Å²) < 4.78 is 26.0. The molecule has 4 nitrogen and oxygen atoms in total. The molecule has 0 atom stereocenters. The van der Waals surface area contributed by atoms with E-state index in [0.29, 0.717) is 17.2 Å². The van der Waals surface area contributed by atoms with Crippen molar-refractivity contribution in [1.82, 2.24) is 5.16 Å². The van der Waals surface area contributed by atoms with E-state index in [1.54, 1.807) is 12.1 Å². The average Bonchev–Trinajstić information content (AvgIpc) is 2.65. The predicted octanol–water partition coefficient (Wildman–Crippen LogP) is 2.46. The van der Waals surface area contributed by atoms with Crippen LogP contribution in [0, 0.1) is 0 Å². The van der Waals surface area contributed by atoms with Crippen molar-refractivity contribution < 1.29 is 12.9 Å². The lowest BCUT2D eigenvalue weighted by molar-refractivity contribution is 0.390. The molecule has 1 heterocycles. The van der Waals surface area contributed by atoms with Crippen LogP contribution < -0.4 is 0 Å². The van der Waals surface area contributed by atoms with Crippen LogP contribution in [0.3, 0.4) is 0 Å². The largest absolute Gasteiger partial charge is 0.361 e. The molecule has 0 fully saturated rings. The van der Waals surface area contributed by atoms with Gasteiger partial charge in [-0.05, 0) is 6.08 Å². The van der Waals surface area contributed by atoms with Gasteiger partial charge >= 0.3 is 0 Å². The second-order valence-electron chi connectivity index (χ2n) is 2.88. The topological polar surface area (TPSA) is 60.2 Å². The van der Waals surface area contributed by atoms with E-state index in [2.05, 4.69) is 5.16 Å². The standard InChI is InChI=1S/C9H9Cl2NO3S/c10-8(2-1-7-16(11,13)14)3-4-9-5-6-12-15-9/h1-3,5-6H,4,7H2/b2-1-,8-3+. The van der Waals surface area contributed by atoms with Crippen molar-refractivity contribution in [2.45, 2.75) is 6.42 Å². The highest BCUT2D eigenvalue weighted by Crippen LogP contribution is 2.08. The number of aromatic nitrogens is 1. The van der Waals surface area contributed by atoms with Gasteiger partial charge in [0.1, 0.15) is 5.76 Å². The normalized spacial score (nSPS) is 13.5. The minimum Gasteiger partial charge on any atom is -0.361 e. The average molecular weight is 282 g/mol. The van der Waals surface area contributed by atoms with E-state index in [-0.39, 0.29) is 5.75 Å². The Bertz CT molecular complexity index is 477. The van der Waals surface area contributed by atoms with Crippen molar-refractivity contribution in [1.29, 1.82) is 0 Å². The molecule has 0 saturated heterocycles. The fourth-order valence-corrected chi connectivity index (χ4v) is 1.60. The summed E-state index contributed by atoms with van der Waals surface area (Å²) in [7, 11) is 1.50. The van der Waals surface area contributed by atoms with Crippen LogP contribution in [0.25, 0.3) is 0 Å². The number of rotatable bonds is 5. The minimum atomic E-state index is -3.51. The summed E-state index contributed by atoms with van der Waals surface area (Å²) in [5, 5.41) is 3.95. The molecular formula is C9H9Cl2NO3S. The summed E-state index contributed by atoms with van der Waals surface area (Å²) in [6, 6.07) is 1.72. The van der Waals surface area contributed by atoms with Crippen molar-refractivity contribution in [3.05, 3.63) is 41.3 Å². The highest BCUT2D eigenvalue weighted by atomic mass is 35.7. The van der Waals surface area contributed by atoms with Gasteiger partial charge in [-0.3, -0.25) is 0 Å². The second-order valence-corrected chi connectivity index (χ2v) is 6.14. The lowest BCUT2D eigenvalue weighted by Crippen LogP contribution is -1.91. The third-order valence-corrected chi connectivity index (χ3v) is 2.81. The van der Waals surface area contributed by atoms with Gasteiger partial charge in [0.2, 0.25) is 9.05 Å². The molecule has 88 valence electrons. The van der Waals surface area contributed by atoms with E-state index >= 15 is 0 Å². The fourth-order valence-electron chi connectivity index (χ4n) is 0.889. The highest BCUT2D eigenvalue weighted by Gasteiger charge is 2.00. The molecule has 0 aliphatic rings. The predicted molar refractivity (Wildman–Crippen MR) is 62.9 cm³/mol. The Labute approximate surface area is 103 Å². The van der Waals surface area contributed by atoms with E-state index in [1.807, 2.05) is 0 Å². The zero-order chi connectivity index (χ0) is 12.0. The molecule has 0 radical (unpaired) electrons. The summed E-state index contributed by atoms with van der Waals surface area (Å²) in [6.07, 6.45) is 6.56. The number of nitrogens with zero attached hydrogens (tertiary/aromatic N) is 1. The molecule has 1 aromatic rings. The lowest BCUT2D eigenvalue weighted by atomic mass is 10.3. The maximum atomic E-state index is 10.6. The summed E-state index contributed by atoms with van der Waals surface area (Å²) in [5.74, 6) is 0.428. The van der Waals surface area contributed by atoms with E-state index in [1.165, 1.54) is 18.3 Å². The molecule has 0 unspecified atom stereocenters. The van der Waals surface area contributed by atoms with Crippen LogP contribution in [0.5, 0.6) is 0 Å². The molecule has 0 aliphatic heterocycles. The Morgan fingerprint density at radius 3 is 2.88 bits per heavy atom. The Balaban J connectivity index is 2.46. The molecule has 0 N–H and O–H groups in total. The molecule has 0 aliphatic carbocycles. The molecule has 16 heavy (non-hydrogen) atoms. The monoisotopic (exact) mass is 281 g/mol. The van der Waals surface area contributed by atoms with Crippen molar-refractivity contribution in [3.63, 3.8) is 0 Å². The van der Waals surface area contributed by atoms with Crippen molar-refractivity contribution >= 4 is 31.3 Å². The van der Waals surface area contributed by atoms with Crippen LogP contribution in [0.1, 0.15) is 5.76 Å². The van der Waals surface area contributed by atoms with Crippen molar-refractivity contribution in [2.75, 3.05) is 5.75 Å². The van der Waals surface area contributed by atoms with Crippen LogP contribution in [-0.2, 0) is 15.5 Å². The second kappa shape index (κ2) is 6.08. The Kier molecular flexibility index (Phi) is 5.05. The first-order valence-corrected chi connectivity index (χ1v) is 7.17. The Hall–Kier alpha value is -0.780. The highest BCUT2D eigenvalue weighted by molar-refractivity contribution is 8.13. The van der Waals surface area contributed by atoms with E-state index in [0.717, 1.165) is 0 Å². The van der Waals surface area contributed by atoms with Crippen molar-refractivity contribution in [2.24, 2.45) is 0 Å². The SMILES string of the molecule is O=S(=O)(Cl)C/C=C\C(Cl)=C/Cc1ccno1. The Morgan fingerprint density at radius 1 is 1.56 bits per heavy atom. The first-order chi connectivity index (χ1) is 7.47. The van der Waals surface area contributed by atoms with E-state index < -0.39 is 9.05 Å². The molecule has 0 aromatic carbocycles. The molecule has 1 rings (SSSR count). The van der Waals surface area contributed by atoms with Crippen LogP contribution >= 0.6 is 22.3 Å². The van der Waals surface area contributed by atoms with E-state index in [9.17, 15) is 8.42 Å². The quantitative estimate of drug-likeness (QED) is 0.615. The summed E-state index contributed by atoms with van der Waals surface area (Å²) in [6.45, 7) is 0. The summed E-state index contributed by atoms with van der Waals surface area (Å²) >= 11 is 5.80. The fraction of sp³-hybridized carbons (Fsp3) is 0.222. The maximum absolute atomic E-state index is 10.6. The Morgan fingerprint density at radius 2 is 2.31 bits per heavy atom. The minimum absolute atomic E-state index is 0.249. The number of hydrogen-bond acceptors (Lipinski definition) is 4. The molecular weight excluding hydrogens is 273 g/mol. The van der Waals surface area contributed by atoms with Crippen molar-refractivity contribution in [3.8, 4) is 0 Å². The first-order valence-electron chi connectivity index (χ1n) is 4.31. The van der Waals surface area contributed by atoms with Crippen LogP contribution in [0.4, 0.5) is 0 Å². The maximum Gasteiger partial charge on any atom is 0.236 e. The summed E-state index contributed by atoms with van der Waals surface area (Å²) in [4.78, 5) is 0. The molecule has 0 amide bonds. The molecule has 7 heteroatoms. The van der Waals surface area contributed by atoms with Gasteiger partial charge in [0, 0.05) is 28.2 Å². The molecule has 1 aromatic heterocycles. The van der Waals surface area contributed by atoms with Gasteiger partial charge in [0.25, 0.3) is 0 Å². The van der Waals surface area contributed by atoms with Crippen LogP contribution in [-0.4, -0.2) is 19.3 Å². The smallest absolute Gasteiger partial charge is 0.236 e. The molecule has 0 saturated carbocycles. The van der Waals surface area contributed by atoms with Crippen LogP contribution in [0.15, 0.2) is 40.0 Å². The van der Waals surface area contributed by atoms with Crippen LogP contribution in [0.2, 0.25) is 0 Å². The number of hydrogen-bond donors (Lipinski definition) is 0. The zero-order valence-corrected chi connectivity index (χ0v) is 10.5. The zero-order valence-electron chi connectivity index (χ0n) is 8.14. The van der Waals surface area contributed by atoms with Gasteiger partial charge in [0.05, 0.1) is 11.9 Å². The third kappa shape index (κ3) is 5.95. The molecule has 0 spiro atoms. The number of halogens is 2. The van der Waals surface area contributed by atoms with Gasteiger partial charge in [-0.2, -0.15) is 0 Å². The van der Waals surface area contributed by atoms with Gasteiger partial charge in [0.15, 0.2) is 0 Å². The third-order valence-electron chi connectivity index (χ3n) is 1.56. The summed E-state index contributed by atoms with van der Waals surface area (Å²) in [5.41, 5.74) is 0. The van der Waals surface area contributed by atoms with Gasteiger partial charge in [-0.25, -0.2) is 8.42 Å². The van der Waals surface area contributed by atoms with Gasteiger partial charge in [-0.1, -0.05) is 28.9 Å².